The summed E-state index contributed by atoms with van der Waals surface area (Å²) in [5.41, 5.74) is 1.21. The first-order chi connectivity index (χ1) is 8.72. The van der Waals surface area contributed by atoms with E-state index in [4.69, 9.17) is 16.3 Å². The average molecular weight is 267 g/mol. The molecule has 1 aliphatic carbocycles. The Morgan fingerprint density at radius 3 is 2.50 bits per heavy atom. The standard InChI is InChI=1S/C15H19ClO2/c1-18-15(17)14-6-4-2-3-5-13(14)11-7-9-12(16)10-8-11/h7-10,13-14H,2-6H2,1H3. The minimum atomic E-state index is -0.0724. The van der Waals surface area contributed by atoms with Crippen LogP contribution < -0.4 is 0 Å². The second-order valence-corrected chi connectivity index (χ2v) is 5.36. The van der Waals surface area contributed by atoms with Crippen LogP contribution in [0.4, 0.5) is 0 Å². The van der Waals surface area contributed by atoms with Crippen LogP contribution in [0.15, 0.2) is 24.3 Å². The van der Waals surface area contributed by atoms with Crippen molar-refractivity contribution in [3.05, 3.63) is 34.9 Å². The van der Waals surface area contributed by atoms with Crippen LogP contribution in [-0.2, 0) is 9.53 Å². The lowest BCUT2D eigenvalue weighted by Gasteiger charge is -2.23. The van der Waals surface area contributed by atoms with Crippen molar-refractivity contribution in [3.8, 4) is 0 Å². The Bertz CT molecular complexity index is 399. The molecule has 2 atom stereocenters. The molecule has 0 heterocycles. The molecular formula is C15H19ClO2. The van der Waals surface area contributed by atoms with E-state index in [1.165, 1.54) is 25.5 Å². The topological polar surface area (TPSA) is 26.3 Å². The molecule has 0 amide bonds. The van der Waals surface area contributed by atoms with Crippen molar-refractivity contribution in [1.29, 1.82) is 0 Å². The monoisotopic (exact) mass is 266 g/mol. The first-order valence-corrected chi connectivity index (χ1v) is 6.93. The molecule has 2 nitrogen and oxygen atoms in total. The van der Waals surface area contributed by atoms with Crippen LogP contribution in [0.5, 0.6) is 0 Å². The van der Waals surface area contributed by atoms with Crippen LogP contribution in [0.3, 0.4) is 0 Å². The van der Waals surface area contributed by atoms with E-state index in [9.17, 15) is 4.79 Å². The molecule has 1 fully saturated rings. The van der Waals surface area contributed by atoms with Gasteiger partial charge in [-0.15, -0.1) is 0 Å². The third-order valence-corrected chi connectivity index (χ3v) is 4.07. The van der Waals surface area contributed by atoms with E-state index in [0.29, 0.717) is 0 Å². The average Bonchev–Trinajstić information content (AvgIpc) is 2.64. The van der Waals surface area contributed by atoms with Crippen LogP contribution in [0.2, 0.25) is 5.02 Å². The fourth-order valence-electron chi connectivity index (χ4n) is 2.85. The van der Waals surface area contributed by atoms with Gasteiger partial charge in [-0.25, -0.2) is 0 Å². The third kappa shape index (κ3) is 3.05. The Kier molecular flexibility index (Phi) is 4.65. The lowest BCUT2D eigenvalue weighted by atomic mass is 9.82. The van der Waals surface area contributed by atoms with Crippen molar-refractivity contribution < 1.29 is 9.53 Å². The fourth-order valence-corrected chi connectivity index (χ4v) is 2.98. The zero-order chi connectivity index (χ0) is 13.0. The molecule has 0 aromatic heterocycles. The number of rotatable bonds is 2. The summed E-state index contributed by atoms with van der Waals surface area (Å²) in [7, 11) is 1.48. The molecule has 0 radical (unpaired) electrons. The van der Waals surface area contributed by atoms with Gasteiger partial charge in [0.1, 0.15) is 0 Å². The largest absolute Gasteiger partial charge is 0.469 e. The maximum Gasteiger partial charge on any atom is 0.309 e. The molecule has 3 heteroatoms. The molecule has 1 aromatic carbocycles. The Balaban J connectivity index is 2.24. The number of hydrogen-bond acceptors (Lipinski definition) is 2. The maximum absolute atomic E-state index is 11.9. The van der Waals surface area contributed by atoms with Gasteiger partial charge >= 0.3 is 5.97 Å². The zero-order valence-corrected chi connectivity index (χ0v) is 11.5. The molecule has 0 saturated heterocycles. The van der Waals surface area contributed by atoms with Crippen LogP contribution >= 0.6 is 11.6 Å². The first-order valence-electron chi connectivity index (χ1n) is 6.55. The fraction of sp³-hybridized carbons (Fsp3) is 0.533. The Hall–Kier alpha value is -1.02. The second kappa shape index (κ2) is 6.24. The molecule has 0 bridgehead atoms. The van der Waals surface area contributed by atoms with Crippen LogP contribution in [0.1, 0.15) is 43.6 Å². The number of benzene rings is 1. The van der Waals surface area contributed by atoms with Crippen molar-refractivity contribution >= 4 is 17.6 Å². The van der Waals surface area contributed by atoms with Crippen LogP contribution in [0, 0.1) is 5.92 Å². The Labute approximate surface area is 113 Å². The maximum atomic E-state index is 11.9. The summed E-state index contributed by atoms with van der Waals surface area (Å²) >= 11 is 5.92. The van der Waals surface area contributed by atoms with Gasteiger partial charge in [-0.05, 0) is 36.5 Å². The van der Waals surface area contributed by atoms with E-state index < -0.39 is 0 Å². The summed E-state index contributed by atoms with van der Waals surface area (Å²) in [5, 5.41) is 0.738. The van der Waals surface area contributed by atoms with Crippen molar-refractivity contribution in [2.24, 2.45) is 5.92 Å². The van der Waals surface area contributed by atoms with Crippen LogP contribution in [0.25, 0.3) is 0 Å². The summed E-state index contributed by atoms with van der Waals surface area (Å²) in [4.78, 5) is 11.9. The van der Waals surface area contributed by atoms with Crippen molar-refractivity contribution in [2.75, 3.05) is 7.11 Å². The SMILES string of the molecule is COC(=O)C1CCCCCC1c1ccc(Cl)cc1. The lowest BCUT2D eigenvalue weighted by Crippen LogP contribution is -2.22. The number of carbonyl (C=O) groups excluding carboxylic acids is 1. The number of halogens is 1. The number of carbonyl (C=O) groups is 1. The van der Waals surface area contributed by atoms with Crippen molar-refractivity contribution in [1.82, 2.24) is 0 Å². The molecule has 18 heavy (non-hydrogen) atoms. The molecule has 2 unspecified atom stereocenters. The minimum Gasteiger partial charge on any atom is -0.469 e. The van der Waals surface area contributed by atoms with Gasteiger partial charge in [0.05, 0.1) is 13.0 Å². The highest BCUT2D eigenvalue weighted by molar-refractivity contribution is 6.30. The summed E-state index contributed by atoms with van der Waals surface area (Å²) in [5.74, 6) is 0.202. The molecule has 0 N–H and O–H groups in total. The quantitative estimate of drug-likeness (QED) is 0.593. The van der Waals surface area contributed by atoms with E-state index in [2.05, 4.69) is 0 Å². The van der Waals surface area contributed by atoms with Gasteiger partial charge in [0.2, 0.25) is 0 Å². The highest BCUT2D eigenvalue weighted by atomic mass is 35.5. The van der Waals surface area contributed by atoms with Crippen molar-refractivity contribution in [2.45, 2.75) is 38.0 Å². The van der Waals surface area contributed by atoms with Gasteiger partial charge in [0.25, 0.3) is 0 Å². The van der Waals surface area contributed by atoms with Gasteiger partial charge in [0, 0.05) is 5.02 Å². The first kappa shape index (κ1) is 13.4. The van der Waals surface area contributed by atoms with Crippen molar-refractivity contribution in [3.63, 3.8) is 0 Å². The summed E-state index contributed by atoms with van der Waals surface area (Å²) in [6.45, 7) is 0. The van der Waals surface area contributed by atoms with Gasteiger partial charge in [-0.2, -0.15) is 0 Å². The van der Waals surface area contributed by atoms with E-state index >= 15 is 0 Å². The number of methoxy groups -OCH3 is 1. The molecule has 1 aromatic rings. The zero-order valence-electron chi connectivity index (χ0n) is 10.7. The minimum absolute atomic E-state index is 0.00123. The molecule has 0 aliphatic heterocycles. The van der Waals surface area contributed by atoms with Gasteiger partial charge < -0.3 is 4.74 Å². The molecule has 98 valence electrons. The molecule has 1 saturated carbocycles. The number of hydrogen-bond donors (Lipinski definition) is 0. The Morgan fingerprint density at radius 1 is 1.17 bits per heavy atom. The predicted octanol–water partition coefficient (Wildman–Crippen LogP) is 4.18. The number of esters is 1. The highest BCUT2D eigenvalue weighted by Gasteiger charge is 2.31. The molecule has 1 aliphatic rings. The van der Waals surface area contributed by atoms with E-state index in [1.54, 1.807) is 0 Å². The van der Waals surface area contributed by atoms with Gasteiger partial charge in [-0.3, -0.25) is 4.79 Å². The van der Waals surface area contributed by atoms with Crippen LogP contribution in [-0.4, -0.2) is 13.1 Å². The molecule has 2 rings (SSSR count). The lowest BCUT2D eigenvalue weighted by molar-refractivity contribution is -0.146. The number of ether oxygens (including phenoxy) is 1. The summed E-state index contributed by atoms with van der Waals surface area (Å²) in [6, 6.07) is 7.87. The molecule has 0 spiro atoms. The van der Waals surface area contributed by atoms with Gasteiger partial charge in [0.15, 0.2) is 0 Å². The third-order valence-electron chi connectivity index (χ3n) is 3.82. The van der Waals surface area contributed by atoms with E-state index in [-0.39, 0.29) is 17.8 Å². The summed E-state index contributed by atoms with van der Waals surface area (Å²) in [6.07, 6.45) is 5.49. The summed E-state index contributed by atoms with van der Waals surface area (Å²) < 4.78 is 4.96. The van der Waals surface area contributed by atoms with Gasteiger partial charge in [-0.1, -0.05) is 43.0 Å². The Morgan fingerprint density at radius 2 is 1.83 bits per heavy atom. The van der Waals surface area contributed by atoms with E-state index in [0.717, 1.165) is 24.3 Å². The highest BCUT2D eigenvalue weighted by Crippen LogP contribution is 2.37. The normalized spacial score (nSPS) is 24.3. The predicted molar refractivity (Wildman–Crippen MR) is 72.8 cm³/mol. The molecular weight excluding hydrogens is 248 g/mol. The smallest absolute Gasteiger partial charge is 0.309 e. The second-order valence-electron chi connectivity index (χ2n) is 4.93. The van der Waals surface area contributed by atoms with E-state index in [1.807, 2.05) is 24.3 Å².